The predicted molar refractivity (Wildman–Crippen MR) is 116 cm³/mol. The van der Waals surface area contributed by atoms with Crippen LogP contribution in [-0.4, -0.2) is 68.3 Å². The minimum atomic E-state index is -0.763. The van der Waals surface area contributed by atoms with Crippen LogP contribution in [-0.2, 0) is 20.7 Å². The second-order valence-corrected chi connectivity index (χ2v) is 8.06. The average Bonchev–Trinajstić information content (AvgIpc) is 3.19. The van der Waals surface area contributed by atoms with Gasteiger partial charge in [-0.1, -0.05) is 17.3 Å². The number of morpholine rings is 1. The van der Waals surface area contributed by atoms with Crippen LogP contribution in [0.5, 0.6) is 0 Å². The lowest BCUT2D eigenvalue weighted by molar-refractivity contribution is -0.136. The van der Waals surface area contributed by atoms with Gasteiger partial charge in [0, 0.05) is 45.0 Å². The summed E-state index contributed by atoms with van der Waals surface area (Å²) in [6.45, 7) is 5.98. The van der Waals surface area contributed by atoms with E-state index in [0.717, 1.165) is 38.0 Å². The van der Waals surface area contributed by atoms with Gasteiger partial charge in [-0.25, -0.2) is 0 Å². The summed E-state index contributed by atoms with van der Waals surface area (Å²) in [6.07, 6.45) is 2.18. The van der Waals surface area contributed by atoms with Crippen molar-refractivity contribution in [3.05, 3.63) is 41.2 Å². The second-order valence-electron chi connectivity index (χ2n) is 8.06. The summed E-state index contributed by atoms with van der Waals surface area (Å²) >= 11 is 0. The van der Waals surface area contributed by atoms with Gasteiger partial charge in [0.2, 0.25) is 0 Å². The Hall–Kier alpha value is -2.91. The minimum Gasteiger partial charge on any atom is -0.379 e. The lowest BCUT2D eigenvalue weighted by atomic mass is 9.95. The molecule has 0 aliphatic carbocycles. The largest absolute Gasteiger partial charge is 0.379 e. The summed E-state index contributed by atoms with van der Waals surface area (Å²) in [5.41, 5.74) is 3.74. The van der Waals surface area contributed by atoms with Crippen LogP contribution >= 0.6 is 0 Å². The molecule has 2 N–H and O–H groups in total. The van der Waals surface area contributed by atoms with E-state index < -0.39 is 11.8 Å². The number of carbonyl (C=O) groups excluding carboxylic acids is 2. The van der Waals surface area contributed by atoms with E-state index >= 15 is 0 Å². The number of hydrogen-bond acceptors (Lipinski definition) is 7. The zero-order valence-electron chi connectivity index (χ0n) is 18.0. The molecule has 2 aliphatic rings. The molecule has 2 aromatic rings. The molecule has 9 nitrogen and oxygen atoms in total. The smallest absolute Gasteiger partial charge is 0.314 e. The van der Waals surface area contributed by atoms with Crippen molar-refractivity contribution >= 4 is 23.3 Å². The number of benzene rings is 1. The summed E-state index contributed by atoms with van der Waals surface area (Å²) in [5.74, 6) is -0.681. The monoisotopic (exact) mass is 427 g/mol. The Morgan fingerprint density at radius 3 is 2.71 bits per heavy atom. The number of ether oxygens (including phenoxy) is 1. The van der Waals surface area contributed by atoms with Gasteiger partial charge in [-0.3, -0.25) is 19.8 Å². The summed E-state index contributed by atoms with van der Waals surface area (Å²) in [4.78, 5) is 29.2. The summed E-state index contributed by atoms with van der Waals surface area (Å²) in [5, 5.41) is 8.94. The highest BCUT2D eigenvalue weighted by atomic mass is 16.5. The molecular weight excluding hydrogens is 398 g/mol. The van der Waals surface area contributed by atoms with Crippen LogP contribution in [0.2, 0.25) is 0 Å². The van der Waals surface area contributed by atoms with Crippen molar-refractivity contribution in [1.29, 1.82) is 0 Å². The van der Waals surface area contributed by atoms with Gasteiger partial charge in [-0.2, -0.15) is 0 Å². The van der Waals surface area contributed by atoms with Crippen molar-refractivity contribution < 1.29 is 18.8 Å². The molecule has 166 valence electrons. The number of nitrogens with one attached hydrogen (secondary N) is 2. The Labute approximate surface area is 181 Å². The maximum absolute atomic E-state index is 12.4. The van der Waals surface area contributed by atoms with Crippen molar-refractivity contribution in [2.45, 2.75) is 25.8 Å². The molecule has 2 amide bonds. The fraction of sp³-hybridized carbons (Fsp3) is 0.500. The van der Waals surface area contributed by atoms with Crippen LogP contribution in [0, 0.1) is 6.92 Å². The van der Waals surface area contributed by atoms with E-state index in [2.05, 4.69) is 50.8 Å². The first kappa shape index (κ1) is 21.3. The molecule has 0 saturated carbocycles. The molecule has 1 aromatic heterocycles. The molecule has 2 aliphatic heterocycles. The van der Waals surface area contributed by atoms with Gasteiger partial charge >= 0.3 is 11.8 Å². The van der Waals surface area contributed by atoms with Crippen LogP contribution in [0.15, 0.2) is 28.8 Å². The van der Waals surface area contributed by atoms with E-state index in [0.29, 0.717) is 25.5 Å². The average molecular weight is 428 g/mol. The fourth-order valence-corrected chi connectivity index (χ4v) is 4.23. The van der Waals surface area contributed by atoms with Crippen LogP contribution in [0.1, 0.15) is 29.3 Å². The molecule has 0 radical (unpaired) electrons. The number of aromatic nitrogens is 1. The Balaban J connectivity index is 1.46. The molecule has 0 bridgehead atoms. The van der Waals surface area contributed by atoms with Crippen molar-refractivity contribution in [3.8, 4) is 0 Å². The molecule has 31 heavy (non-hydrogen) atoms. The van der Waals surface area contributed by atoms with E-state index in [1.54, 1.807) is 13.0 Å². The molecule has 1 fully saturated rings. The molecule has 3 heterocycles. The number of amides is 2. The highest BCUT2D eigenvalue weighted by Gasteiger charge is 2.26. The van der Waals surface area contributed by atoms with Crippen LogP contribution in [0.3, 0.4) is 0 Å². The maximum atomic E-state index is 12.4. The molecule has 0 spiro atoms. The van der Waals surface area contributed by atoms with Gasteiger partial charge in [0.25, 0.3) is 0 Å². The summed E-state index contributed by atoms with van der Waals surface area (Å²) < 4.78 is 10.4. The quantitative estimate of drug-likeness (QED) is 0.698. The third-order valence-electron chi connectivity index (χ3n) is 5.86. The van der Waals surface area contributed by atoms with E-state index in [4.69, 9.17) is 9.26 Å². The van der Waals surface area contributed by atoms with Gasteiger partial charge in [-0.05, 0) is 37.0 Å². The fourth-order valence-electron chi connectivity index (χ4n) is 4.23. The number of nitrogens with zero attached hydrogens (tertiary/aromatic N) is 3. The standard InChI is InChI=1S/C22H29N5O4/c1-15-12-20(25-31-15)24-22(29)21(28)23-14-19(27-8-10-30-11-9-27)17-5-6-18-16(13-17)4-3-7-26(18)2/h5-6,12-13,19H,3-4,7-11,14H2,1-2H3,(H,23,28)(H,24,25,29)/t19-/m1/s1. The number of fused-ring (bicyclic) bond motifs is 1. The van der Waals surface area contributed by atoms with Crippen LogP contribution < -0.4 is 15.5 Å². The Morgan fingerprint density at radius 2 is 1.97 bits per heavy atom. The number of hydrogen-bond donors (Lipinski definition) is 2. The van der Waals surface area contributed by atoms with Crippen molar-refractivity contribution in [1.82, 2.24) is 15.4 Å². The Kier molecular flexibility index (Phi) is 6.53. The normalized spacial score (nSPS) is 17.7. The number of aryl methyl sites for hydroxylation is 2. The van der Waals surface area contributed by atoms with Crippen molar-refractivity contribution in [2.75, 3.05) is 56.7 Å². The van der Waals surface area contributed by atoms with Crippen molar-refractivity contribution in [3.63, 3.8) is 0 Å². The van der Waals surface area contributed by atoms with Gasteiger partial charge in [0.05, 0.1) is 19.3 Å². The maximum Gasteiger partial charge on any atom is 0.314 e. The highest BCUT2D eigenvalue weighted by Crippen LogP contribution is 2.30. The Morgan fingerprint density at radius 1 is 1.16 bits per heavy atom. The van der Waals surface area contributed by atoms with E-state index in [-0.39, 0.29) is 11.9 Å². The van der Waals surface area contributed by atoms with E-state index in [9.17, 15) is 9.59 Å². The molecular formula is C22H29N5O4. The number of carbonyl (C=O) groups is 2. The molecule has 1 aromatic carbocycles. The highest BCUT2D eigenvalue weighted by molar-refractivity contribution is 6.39. The zero-order chi connectivity index (χ0) is 21.8. The lowest BCUT2D eigenvalue weighted by Crippen LogP contribution is -2.45. The number of anilines is 2. The minimum absolute atomic E-state index is 0.0347. The second kappa shape index (κ2) is 9.49. The number of rotatable bonds is 5. The van der Waals surface area contributed by atoms with Gasteiger partial charge in [-0.15, -0.1) is 0 Å². The topological polar surface area (TPSA) is 99.9 Å². The van der Waals surface area contributed by atoms with Crippen molar-refractivity contribution in [2.24, 2.45) is 0 Å². The van der Waals surface area contributed by atoms with Gasteiger partial charge in [0.15, 0.2) is 5.82 Å². The first-order chi connectivity index (χ1) is 15.0. The Bertz CT molecular complexity index is 938. The summed E-state index contributed by atoms with van der Waals surface area (Å²) in [6, 6.07) is 8.07. The molecule has 0 unspecified atom stereocenters. The van der Waals surface area contributed by atoms with Crippen LogP contribution in [0.25, 0.3) is 0 Å². The van der Waals surface area contributed by atoms with Gasteiger partial charge in [0.1, 0.15) is 5.76 Å². The van der Waals surface area contributed by atoms with Gasteiger partial charge < -0.3 is 19.5 Å². The van der Waals surface area contributed by atoms with Crippen LogP contribution in [0.4, 0.5) is 11.5 Å². The SMILES string of the molecule is Cc1cc(NC(=O)C(=O)NC[C@H](c2ccc3c(c2)CCCN3C)N2CCOCC2)no1. The zero-order valence-corrected chi connectivity index (χ0v) is 18.0. The molecule has 4 rings (SSSR count). The predicted octanol–water partition coefficient (Wildman–Crippen LogP) is 1.49. The first-order valence-electron chi connectivity index (χ1n) is 10.7. The molecule has 1 saturated heterocycles. The third kappa shape index (κ3) is 5.05. The molecule has 1 atom stereocenters. The van der Waals surface area contributed by atoms with E-state index in [1.165, 1.54) is 11.3 Å². The first-order valence-corrected chi connectivity index (χ1v) is 10.7. The van der Waals surface area contributed by atoms with E-state index in [1.807, 2.05) is 0 Å². The molecule has 9 heteroatoms. The lowest BCUT2D eigenvalue weighted by Gasteiger charge is -2.36. The third-order valence-corrected chi connectivity index (χ3v) is 5.86. The summed E-state index contributed by atoms with van der Waals surface area (Å²) in [7, 11) is 2.12.